The number of aromatic nitrogens is 2. The molecule has 0 saturated carbocycles. The van der Waals surface area contributed by atoms with E-state index in [9.17, 15) is 9.59 Å². The number of esters is 1. The van der Waals surface area contributed by atoms with Crippen LogP contribution in [0.5, 0.6) is 0 Å². The average Bonchev–Trinajstić information content (AvgIpc) is 2.97. The predicted molar refractivity (Wildman–Crippen MR) is 77.9 cm³/mol. The Kier molecular flexibility index (Phi) is 4.98. The molecule has 0 radical (unpaired) electrons. The molecule has 1 aromatic heterocycles. The number of hydrogen-bond donors (Lipinski definition) is 0. The van der Waals surface area contributed by atoms with Crippen LogP contribution in [0.3, 0.4) is 0 Å². The maximum atomic E-state index is 12.6. The van der Waals surface area contributed by atoms with Gasteiger partial charge in [-0.25, -0.2) is 0 Å². The van der Waals surface area contributed by atoms with Gasteiger partial charge in [-0.1, -0.05) is 6.92 Å². The molecular weight excluding hydrogens is 270 g/mol. The highest BCUT2D eigenvalue weighted by Gasteiger charge is 2.29. The first-order valence-electron chi connectivity index (χ1n) is 7.54. The van der Waals surface area contributed by atoms with Crippen molar-refractivity contribution in [3.63, 3.8) is 0 Å². The summed E-state index contributed by atoms with van der Waals surface area (Å²) < 4.78 is 6.53. The number of carbonyl (C=O) groups excluding carboxylic acids is 2. The van der Waals surface area contributed by atoms with Crippen LogP contribution in [-0.2, 0) is 22.5 Å². The second-order valence-electron chi connectivity index (χ2n) is 5.28. The third-order valence-corrected chi connectivity index (χ3v) is 4.03. The topological polar surface area (TPSA) is 64.4 Å². The second kappa shape index (κ2) is 6.74. The fraction of sp³-hybridized carbons (Fsp3) is 0.667. The fourth-order valence-electron chi connectivity index (χ4n) is 2.70. The summed E-state index contributed by atoms with van der Waals surface area (Å²) >= 11 is 0. The fourth-order valence-corrected chi connectivity index (χ4v) is 2.70. The summed E-state index contributed by atoms with van der Waals surface area (Å²) in [5, 5.41) is 4.41. The lowest BCUT2D eigenvalue weighted by molar-refractivity contribution is -0.146. The standard InChI is InChI=1S/C15H23N3O3/c1-4-12-10-13(18(5-2)16-12)14(19)17-8-6-11(7-9-17)15(20)21-3/h10-11H,4-9H2,1-3H3. The molecule has 1 fully saturated rings. The predicted octanol–water partition coefficient (Wildman–Crippen LogP) is 1.49. The van der Waals surface area contributed by atoms with Crippen molar-refractivity contribution in [1.82, 2.24) is 14.7 Å². The van der Waals surface area contributed by atoms with Gasteiger partial charge in [-0.2, -0.15) is 5.10 Å². The van der Waals surface area contributed by atoms with Crippen LogP contribution in [0.15, 0.2) is 6.07 Å². The minimum Gasteiger partial charge on any atom is -0.469 e. The third-order valence-electron chi connectivity index (χ3n) is 4.03. The zero-order valence-corrected chi connectivity index (χ0v) is 13.0. The molecule has 1 amide bonds. The van der Waals surface area contributed by atoms with Gasteiger partial charge in [0, 0.05) is 19.6 Å². The van der Waals surface area contributed by atoms with E-state index in [1.807, 2.05) is 24.8 Å². The Morgan fingerprint density at radius 2 is 2.00 bits per heavy atom. The number of methoxy groups -OCH3 is 1. The summed E-state index contributed by atoms with van der Waals surface area (Å²) in [4.78, 5) is 25.9. The lowest BCUT2D eigenvalue weighted by Crippen LogP contribution is -2.41. The van der Waals surface area contributed by atoms with Crippen LogP contribution in [0.1, 0.15) is 42.9 Å². The third kappa shape index (κ3) is 3.25. The van der Waals surface area contributed by atoms with Crippen molar-refractivity contribution in [1.29, 1.82) is 0 Å². The van der Waals surface area contributed by atoms with Gasteiger partial charge in [0.1, 0.15) is 5.69 Å². The number of amides is 1. The smallest absolute Gasteiger partial charge is 0.308 e. The molecule has 0 spiro atoms. The Hall–Kier alpha value is -1.85. The van der Waals surface area contributed by atoms with Gasteiger partial charge in [0.25, 0.3) is 5.91 Å². The van der Waals surface area contributed by atoms with E-state index < -0.39 is 0 Å². The summed E-state index contributed by atoms with van der Waals surface area (Å²) in [6.45, 7) is 5.87. The second-order valence-corrected chi connectivity index (χ2v) is 5.28. The minimum absolute atomic E-state index is 0.00682. The Bertz CT molecular complexity index is 516. The quantitative estimate of drug-likeness (QED) is 0.789. The van der Waals surface area contributed by atoms with Crippen LogP contribution >= 0.6 is 0 Å². The maximum absolute atomic E-state index is 12.6. The van der Waals surface area contributed by atoms with Crippen molar-refractivity contribution < 1.29 is 14.3 Å². The van der Waals surface area contributed by atoms with Crippen LogP contribution in [0.25, 0.3) is 0 Å². The number of hydrogen-bond acceptors (Lipinski definition) is 4. The molecule has 0 bridgehead atoms. The zero-order valence-electron chi connectivity index (χ0n) is 13.0. The van der Waals surface area contributed by atoms with Gasteiger partial charge in [0.15, 0.2) is 0 Å². The van der Waals surface area contributed by atoms with Crippen molar-refractivity contribution in [2.45, 2.75) is 39.7 Å². The number of likely N-dealkylation sites (tertiary alicyclic amines) is 1. The number of rotatable bonds is 4. The summed E-state index contributed by atoms with van der Waals surface area (Å²) in [7, 11) is 1.41. The number of nitrogens with zero attached hydrogens (tertiary/aromatic N) is 3. The van der Waals surface area contributed by atoms with E-state index in [0.717, 1.165) is 12.1 Å². The molecule has 1 aliphatic rings. The van der Waals surface area contributed by atoms with Gasteiger partial charge in [-0.05, 0) is 32.3 Å². The monoisotopic (exact) mass is 293 g/mol. The van der Waals surface area contributed by atoms with Gasteiger partial charge in [-0.3, -0.25) is 14.3 Å². The minimum atomic E-state index is -0.172. The van der Waals surface area contributed by atoms with Crippen LogP contribution in [0.4, 0.5) is 0 Å². The molecule has 1 aliphatic heterocycles. The highest BCUT2D eigenvalue weighted by Crippen LogP contribution is 2.20. The van der Waals surface area contributed by atoms with E-state index >= 15 is 0 Å². The molecule has 116 valence electrons. The number of piperidine rings is 1. The SMILES string of the molecule is CCc1cc(C(=O)N2CCC(C(=O)OC)CC2)n(CC)n1. The molecule has 1 saturated heterocycles. The normalized spacial score (nSPS) is 16.0. The van der Waals surface area contributed by atoms with Crippen LogP contribution in [-0.4, -0.2) is 46.8 Å². The first kappa shape index (κ1) is 15.5. The summed E-state index contributed by atoms with van der Waals surface area (Å²) in [5.41, 5.74) is 1.58. The van der Waals surface area contributed by atoms with Crippen LogP contribution in [0, 0.1) is 5.92 Å². The van der Waals surface area contributed by atoms with E-state index in [4.69, 9.17) is 4.74 Å². The molecule has 0 unspecified atom stereocenters. The van der Waals surface area contributed by atoms with Crippen LogP contribution < -0.4 is 0 Å². The average molecular weight is 293 g/mol. The summed E-state index contributed by atoms with van der Waals surface area (Å²) in [6.07, 6.45) is 2.15. The van der Waals surface area contributed by atoms with Gasteiger partial charge in [0.2, 0.25) is 0 Å². The first-order valence-corrected chi connectivity index (χ1v) is 7.54. The van der Waals surface area contributed by atoms with E-state index in [-0.39, 0.29) is 17.8 Å². The van der Waals surface area contributed by atoms with Crippen molar-refractivity contribution in [2.24, 2.45) is 5.92 Å². The molecule has 0 aromatic carbocycles. The first-order chi connectivity index (χ1) is 10.1. The van der Waals surface area contributed by atoms with Crippen molar-refractivity contribution >= 4 is 11.9 Å². The van der Waals surface area contributed by atoms with Gasteiger partial charge in [-0.15, -0.1) is 0 Å². The zero-order chi connectivity index (χ0) is 15.4. The number of ether oxygens (including phenoxy) is 1. The molecule has 6 nitrogen and oxygen atoms in total. The van der Waals surface area contributed by atoms with Crippen molar-refractivity contribution in [2.75, 3.05) is 20.2 Å². The number of aryl methyl sites for hydroxylation is 2. The Labute approximate surface area is 125 Å². The Balaban J connectivity index is 2.05. The molecule has 0 aliphatic carbocycles. The highest BCUT2D eigenvalue weighted by molar-refractivity contribution is 5.93. The van der Waals surface area contributed by atoms with Gasteiger partial charge in [0.05, 0.1) is 18.7 Å². The molecule has 1 aromatic rings. The molecule has 2 rings (SSSR count). The Morgan fingerprint density at radius 1 is 1.33 bits per heavy atom. The van der Waals surface area contributed by atoms with Crippen molar-refractivity contribution in [3.05, 3.63) is 17.5 Å². The molecular formula is C15H23N3O3. The lowest BCUT2D eigenvalue weighted by atomic mass is 9.97. The van der Waals surface area contributed by atoms with E-state index in [2.05, 4.69) is 5.10 Å². The molecule has 0 N–H and O–H groups in total. The van der Waals surface area contributed by atoms with Crippen LogP contribution in [0.2, 0.25) is 0 Å². The summed E-state index contributed by atoms with van der Waals surface area (Å²) in [5.74, 6) is -0.248. The van der Waals surface area contributed by atoms with E-state index in [1.165, 1.54) is 7.11 Å². The lowest BCUT2D eigenvalue weighted by Gasteiger charge is -2.30. The van der Waals surface area contributed by atoms with Crippen molar-refractivity contribution in [3.8, 4) is 0 Å². The van der Waals surface area contributed by atoms with Gasteiger partial charge >= 0.3 is 5.97 Å². The van der Waals surface area contributed by atoms with E-state index in [0.29, 0.717) is 38.2 Å². The maximum Gasteiger partial charge on any atom is 0.308 e. The summed E-state index contributed by atoms with van der Waals surface area (Å²) in [6, 6.07) is 1.87. The molecule has 21 heavy (non-hydrogen) atoms. The Morgan fingerprint density at radius 3 is 2.52 bits per heavy atom. The van der Waals surface area contributed by atoms with E-state index in [1.54, 1.807) is 4.68 Å². The largest absolute Gasteiger partial charge is 0.469 e. The molecule has 2 heterocycles. The van der Waals surface area contributed by atoms with Gasteiger partial charge < -0.3 is 9.64 Å². The number of carbonyl (C=O) groups is 2. The molecule has 6 heteroatoms. The molecule has 0 atom stereocenters. The highest BCUT2D eigenvalue weighted by atomic mass is 16.5.